The number of nitrogens with one attached hydrogen (secondary N) is 1. The summed E-state index contributed by atoms with van der Waals surface area (Å²) in [6.45, 7) is 4.31. The molecule has 1 aromatic heterocycles. The number of aliphatic hydroxyl groups is 3. The lowest BCUT2D eigenvalue weighted by Gasteiger charge is -2.17. The van der Waals surface area contributed by atoms with E-state index < -0.39 is 23.8 Å². The molecular formula is C18H24N2O5. The zero-order valence-corrected chi connectivity index (χ0v) is 14.3. The molecule has 1 aromatic rings. The van der Waals surface area contributed by atoms with Crippen molar-refractivity contribution in [3.8, 4) is 11.8 Å². The van der Waals surface area contributed by atoms with Gasteiger partial charge in [-0.1, -0.05) is 17.9 Å². The summed E-state index contributed by atoms with van der Waals surface area (Å²) in [7, 11) is 0. The Morgan fingerprint density at radius 2 is 2.16 bits per heavy atom. The minimum absolute atomic E-state index is 0.0551. The van der Waals surface area contributed by atoms with Crippen LogP contribution in [-0.4, -0.2) is 38.1 Å². The number of H-pyrrole nitrogens is 1. The second-order valence-corrected chi connectivity index (χ2v) is 5.64. The van der Waals surface area contributed by atoms with Crippen LogP contribution in [-0.2, 0) is 6.54 Å². The second-order valence-electron chi connectivity index (χ2n) is 5.64. The predicted octanol–water partition coefficient (Wildman–Crippen LogP) is 0.677. The van der Waals surface area contributed by atoms with Crippen LogP contribution in [0.2, 0.25) is 0 Å². The number of hydrogen-bond donors (Lipinski definition) is 4. The Kier molecular flexibility index (Phi) is 8.47. The predicted molar refractivity (Wildman–Crippen MR) is 95.2 cm³/mol. The van der Waals surface area contributed by atoms with E-state index in [9.17, 15) is 19.8 Å². The van der Waals surface area contributed by atoms with Crippen molar-refractivity contribution in [2.45, 2.75) is 32.7 Å². The first-order valence-electron chi connectivity index (χ1n) is 7.98. The normalized spacial score (nSPS) is 12.8. The van der Waals surface area contributed by atoms with Crippen molar-refractivity contribution < 1.29 is 15.3 Å². The van der Waals surface area contributed by atoms with Crippen LogP contribution in [0.5, 0.6) is 0 Å². The topological polar surface area (TPSA) is 116 Å². The molecular weight excluding hydrogens is 324 g/mol. The molecule has 0 amide bonds. The van der Waals surface area contributed by atoms with Crippen LogP contribution in [0.15, 0.2) is 39.8 Å². The average molecular weight is 348 g/mol. The zero-order valence-electron chi connectivity index (χ0n) is 14.3. The van der Waals surface area contributed by atoms with E-state index >= 15 is 0 Å². The van der Waals surface area contributed by atoms with Crippen LogP contribution in [0.3, 0.4) is 0 Å². The molecule has 0 fully saturated rings. The molecule has 0 spiro atoms. The summed E-state index contributed by atoms with van der Waals surface area (Å²) in [5.74, 6) is 4.64. The molecule has 0 saturated heterocycles. The Balaban J connectivity index is 3.08. The number of aliphatic hydroxyl groups excluding tert-OH is 3. The summed E-state index contributed by atoms with van der Waals surface area (Å²) in [4.78, 5) is 25.9. The van der Waals surface area contributed by atoms with Gasteiger partial charge in [0.25, 0.3) is 5.56 Å². The highest BCUT2D eigenvalue weighted by Gasteiger charge is 2.17. The fraction of sp³-hybridized carbons (Fsp3) is 0.444. The first kappa shape index (κ1) is 20.5. The third kappa shape index (κ3) is 6.10. The van der Waals surface area contributed by atoms with Crippen LogP contribution < -0.4 is 11.2 Å². The lowest BCUT2D eigenvalue weighted by Crippen LogP contribution is -2.34. The van der Waals surface area contributed by atoms with Crippen molar-refractivity contribution in [1.82, 2.24) is 9.55 Å². The first-order chi connectivity index (χ1) is 11.9. The fourth-order valence-electron chi connectivity index (χ4n) is 2.12. The van der Waals surface area contributed by atoms with Crippen LogP contribution in [0.1, 0.15) is 31.7 Å². The molecule has 25 heavy (non-hydrogen) atoms. The summed E-state index contributed by atoms with van der Waals surface area (Å²) in [6.07, 6.45) is 5.37. The zero-order chi connectivity index (χ0) is 18.8. The molecule has 0 aromatic carbocycles. The summed E-state index contributed by atoms with van der Waals surface area (Å²) in [6, 6.07) is 0. The van der Waals surface area contributed by atoms with Crippen LogP contribution in [0.25, 0.3) is 0 Å². The Hall–Kier alpha value is -2.56. The van der Waals surface area contributed by atoms with E-state index in [1.54, 1.807) is 6.08 Å². The number of aromatic nitrogens is 2. The van der Waals surface area contributed by atoms with Crippen molar-refractivity contribution in [2.24, 2.45) is 5.92 Å². The third-order valence-corrected chi connectivity index (χ3v) is 3.64. The highest BCUT2D eigenvalue weighted by atomic mass is 16.3. The molecule has 1 heterocycles. The lowest BCUT2D eigenvalue weighted by molar-refractivity contribution is 0.182. The van der Waals surface area contributed by atoms with E-state index in [2.05, 4.69) is 23.4 Å². The number of rotatable bonds is 8. The van der Waals surface area contributed by atoms with Crippen molar-refractivity contribution in [1.29, 1.82) is 0 Å². The van der Waals surface area contributed by atoms with Gasteiger partial charge < -0.3 is 15.3 Å². The highest BCUT2D eigenvalue weighted by Crippen LogP contribution is 2.14. The molecule has 1 atom stereocenters. The number of nitrogens with zero attached hydrogens (tertiary/aromatic N) is 1. The van der Waals surface area contributed by atoms with Crippen molar-refractivity contribution in [3.63, 3.8) is 0 Å². The Labute approximate surface area is 146 Å². The fourth-order valence-corrected chi connectivity index (χ4v) is 2.12. The van der Waals surface area contributed by atoms with Gasteiger partial charge in [-0.2, -0.15) is 0 Å². The quantitative estimate of drug-likeness (QED) is 0.239. The van der Waals surface area contributed by atoms with E-state index in [4.69, 9.17) is 5.11 Å². The van der Waals surface area contributed by atoms with Crippen molar-refractivity contribution in [2.75, 3.05) is 13.2 Å². The first-order valence-corrected chi connectivity index (χ1v) is 7.98. The number of allylic oxidation sites excluding steroid dienone is 1. The maximum absolute atomic E-state index is 11.9. The Morgan fingerprint density at radius 1 is 1.44 bits per heavy atom. The monoisotopic (exact) mass is 348 g/mol. The number of aromatic amines is 1. The largest absolute Gasteiger partial charge is 0.512 e. The van der Waals surface area contributed by atoms with Crippen LogP contribution >= 0.6 is 0 Å². The van der Waals surface area contributed by atoms with E-state index in [1.807, 2.05) is 0 Å². The highest BCUT2D eigenvalue weighted by molar-refractivity contribution is 5.29. The van der Waals surface area contributed by atoms with Gasteiger partial charge in [0.1, 0.15) is 11.3 Å². The third-order valence-electron chi connectivity index (χ3n) is 3.64. The molecule has 1 rings (SSSR count). The molecule has 4 N–H and O–H groups in total. The van der Waals surface area contributed by atoms with E-state index in [1.165, 1.54) is 17.7 Å². The van der Waals surface area contributed by atoms with Gasteiger partial charge in [-0.3, -0.25) is 14.3 Å². The molecule has 0 bridgehead atoms. The SMILES string of the molecule is C=CCCCC#Cc1cn(CC(CO)/C(O)=C(\C)CO)c(=O)[nH]c1=O. The number of hydrogen-bond acceptors (Lipinski definition) is 5. The van der Waals surface area contributed by atoms with Gasteiger partial charge in [-0.25, -0.2) is 4.79 Å². The maximum Gasteiger partial charge on any atom is 0.328 e. The van der Waals surface area contributed by atoms with Crippen LogP contribution in [0.4, 0.5) is 0 Å². The molecule has 0 aliphatic carbocycles. The van der Waals surface area contributed by atoms with Gasteiger partial charge in [-0.05, 0) is 25.3 Å². The van der Waals surface area contributed by atoms with Crippen molar-refractivity contribution in [3.05, 3.63) is 56.6 Å². The van der Waals surface area contributed by atoms with Gasteiger partial charge in [0, 0.05) is 19.2 Å². The Bertz CT molecular complexity index is 792. The standard InChI is InChI=1S/C18H24N2O5/c1-3-4-5-6-7-8-14-9-20(18(25)19-17(14)24)10-15(12-22)16(23)13(2)11-21/h3,9,15,21-23H,1,4-6,10-12H2,2H3,(H,19,24,25)/b16-13-. The molecule has 136 valence electrons. The smallest absolute Gasteiger partial charge is 0.328 e. The van der Waals surface area contributed by atoms with Gasteiger partial charge in [0.05, 0.1) is 19.1 Å². The summed E-state index contributed by atoms with van der Waals surface area (Å²) in [5.41, 5.74) is -0.796. The molecule has 0 radical (unpaired) electrons. The minimum Gasteiger partial charge on any atom is -0.512 e. The summed E-state index contributed by atoms with van der Waals surface area (Å²) >= 11 is 0. The van der Waals surface area contributed by atoms with Gasteiger partial charge in [0.2, 0.25) is 0 Å². The summed E-state index contributed by atoms with van der Waals surface area (Å²) in [5, 5.41) is 28.5. The van der Waals surface area contributed by atoms with Crippen molar-refractivity contribution >= 4 is 0 Å². The summed E-state index contributed by atoms with van der Waals surface area (Å²) < 4.78 is 1.18. The van der Waals surface area contributed by atoms with Gasteiger partial charge >= 0.3 is 5.69 Å². The number of unbranched alkanes of at least 4 members (excludes halogenated alkanes) is 2. The molecule has 0 aliphatic heterocycles. The lowest BCUT2D eigenvalue weighted by atomic mass is 10.0. The Morgan fingerprint density at radius 3 is 2.76 bits per heavy atom. The molecule has 1 unspecified atom stereocenters. The maximum atomic E-state index is 11.9. The van der Waals surface area contributed by atoms with Gasteiger partial charge in [-0.15, -0.1) is 6.58 Å². The average Bonchev–Trinajstić information content (AvgIpc) is 2.60. The molecule has 7 nitrogen and oxygen atoms in total. The van der Waals surface area contributed by atoms with E-state index in [0.29, 0.717) is 12.0 Å². The van der Waals surface area contributed by atoms with E-state index in [0.717, 1.165) is 12.8 Å². The molecule has 0 saturated carbocycles. The van der Waals surface area contributed by atoms with Gasteiger partial charge in [0.15, 0.2) is 0 Å². The second kappa shape index (κ2) is 10.3. The molecule has 7 heteroatoms. The minimum atomic E-state index is -0.774. The molecule has 0 aliphatic rings. The van der Waals surface area contributed by atoms with E-state index in [-0.39, 0.29) is 24.5 Å². The van der Waals surface area contributed by atoms with Crippen LogP contribution in [0, 0.1) is 17.8 Å².